The molecule has 0 N–H and O–H groups in total. The van der Waals surface area contributed by atoms with Gasteiger partial charge in [0.05, 0.1) is 17.7 Å². The zero-order chi connectivity index (χ0) is 9.31. The van der Waals surface area contributed by atoms with E-state index in [1.807, 2.05) is 6.20 Å². The first kappa shape index (κ1) is 7.89. The summed E-state index contributed by atoms with van der Waals surface area (Å²) in [5.74, 6) is 2.50. The van der Waals surface area contributed by atoms with Crippen molar-refractivity contribution < 1.29 is 0 Å². The number of rotatable bonds is 2. The van der Waals surface area contributed by atoms with Gasteiger partial charge in [-0.2, -0.15) is 10.4 Å². The summed E-state index contributed by atoms with van der Waals surface area (Å²) >= 11 is 0. The van der Waals surface area contributed by atoms with Crippen LogP contribution in [0.25, 0.3) is 0 Å². The van der Waals surface area contributed by atoms with Crippen LogP contribution >= 0.6 is 0 Å². The van der Waals surface area contributed by atoms with Crippen LogP contribution < -0.4 is 0 Å². The largest absolute Gasteiger partial charge is 0.260 e. The van der Waals surface area contributed by atoms with Crippen LogP contribution in [-0.4, -0.2) is 9.78 Å². The van der Waals surface area contributed by atoms with Crippen molar-refractivity contribution in [3.63, 3.8) is 0 Å². The van der Waals surface area contributed by atoms with Crippen LogP contribution in [0.3, 0.4) is 0 Å². The molecule has 13 heavy (non-hydrogen) atoms. The Balaban J connectivity index is 2.25. The van der Waals surface area contributed by atoms with Crippen molar-refractivity contribution in [2.45, 2.75) is 24.8 Å². The molecule has 0 spiro atoms. The number of hydrogen-bond donors (Lipinski definition) is 0. The van der Waals surface area contributed by atoms with Crippen LogP contribution in [0, 0.1) is 23.7 Å². The summed E-state index contributed by atoms with van der Waals surface area (Å²) in [4.78, 5) is 0. The molecule has 0 unspecified atom stereocenters. The maximum Gasteiger partial charge on any atom is 0.101 e. The maximum atomic E-state index is 8.92. The molecule has 2 rings (SSSR count). The van der Waals surface area contributed by atoms with Gasteiger partial charge in [0.2, 0.25) is 0 Å². The van der Waals surface area contributed by atoms with Crippen molar-refractivity contribution in [1.82, 2.24) is 9.78 Å². The van der Waals surface area contributed by atoms with E-state index in [1.54, 1.807) is 10.9 Å². The Morgan fingerprint density at radius 2 is 2.46 bits per heavy atom. The Morgan fingerprint density at radius 1 is 1.69 bits per heavy atom. The minimum absolute atomic E-state index is 0.243. The van der Waals surface area contributed by atoms with E-state index in [9.17, 15) is 0 Å². The molecule has 64 valence electrons. The molecule has 1 fully saturated rings. The summed E-state index contributed by atoms with van der Waals surface area (Å²) in [6.45, 7) is 0.474. The summed E-state index contributed by atoms with van der Waals surface area (Å²) in [7, 11) is 0. The highest BCUT2D eigenvalue weighted by Gasteiger charge is 2.45. The van der Waals surface area contributed by atoms with Gasteiger partial charge in [0, 0.05) is 11.8 Å². The summed E-state index contributed by atoms with van der Waals surface area (Å²) in [5.41, 5.74) is 0.762. The quantitative estimate of drug-likeness (QED) is 0.624. The fourth-order valence-electron chi connectivity index (χ4n) is 1.38. The van der Waals surface area contributed by atoms with Gasteiger partial charge in [0.15, 0.2) is 0 Å². The van der Waals surface area contributed by atoms with Gasteiger partial charge in [-0.25, -0.2) is 0 Å². The summed E-state index contributed by atoms with van der Waals surface area (Å²) in [6, 6.07) is 2.32. The van der Waals surface area contributed by atoms with Gasteiger partial charge in [0.25, 0.3) is 0 Å². The molecule has 1 aliphatic carbocycles. The number of nitriles is 1. The lowest BCUT2D eigenvalue weighted by atomic mass is 10.0. The lowest BCUT2D eigenvalue weighted by molar-refractivity contribution is 0.714. The Kier molecular flexibility index (Phi) is 1.60. The third kappa shape index (κ3) is 1.19. The van der Waals surface area contributed by atoms with E-state index in [0.29, 0.717) is 6.54 Å². The van der Waals surface area contributed by atoms with E-state index in [4.69, 9.17) is 11.7 Å². The van der Waals surface area contributed by atoms with Gasteiger partial charge in [-0.15, -0.1) is 6.42 Å². The first-order chi connectivity index (χ1) is 6.30. The highest BCUT2D eigenvalue weighted by atomic mass is 15.3. The van der Waals surface area contributed by atoms with Gasteiger partial charge >= 0.3 is 0 Å². The van der Waals surface area contributed by atoms with Crippen molar-refractivity contribution in [2.75, 3.05) is 0 Å². The monoisotopic (exact) mass is 171 g/mol. The highest BCUT2D eigenvalue weighted by molar-refractivity contribution is 5.35. The molecular weight excluding hydrogens is 162 g/mol. The molecule has 1 aromatic rings. The van der Waals surface area contributed by atoms with Crippen LogP contribution in [0.2, 0.25) is 0 Å². The number of hydrogen-bond acceptors (Lipinski definition) is 2. The number of aromatic nitrogens is 2. The standard InChI is InChI=1S/C10H9N3/c1-2-5-13-7-9(6-12-13)10(8-11)3-4-10/h1,6-7H,3-5H2. The topological polar surface area (TPSA) is 41.6 Å². The second-order valence-electron chi connectivity index (χ2n) is 3.32. The first-order valence-electron chi connectivity index (χ1n) is 4.18. The molecule has 3 nitrogen and oxygen atoms in total. The average molecular weight is 171 g/mol. The highest BCUT2D eigenvalue weighted by Crippen LogP contribution is 2.47. The first-order valence-corrected chi connectivity index (χ1v) is 4.18. The van der Waals surface area contributed by atoms with E-state index in [0.717, 1.165) is 18.4 Å². The molecule has 1 heterocycles. The van der Waals surface area contributed by atoms with E-state index >= 15 is 0 Å². The molecule has 1 aliphatic rings. The molecule has 1 saturated carbocycles. The molecule has 0 saturated heterocycles. The predicted molar refractivity (Wildman–Crippen MR) is 47.6 cm³/mol. The lowest BCUT2D eigenvalue weighted by Crippen LogP contribution is -2.00. The Bertz CT molecular complexity index is 399. The molecular formula is C10H9N3. The maximum absolute atomic E-state index is 8.92. The average Bonchev–Trinajstić information content (AvgIpc) is 2.82. The van der Waals surface area contributed by atoms with E-state index in [1.165, 1.54) is 0 Å². The van der Waals surface area contributed by atoms with Crippen molar-refractivity contribution >= 4 is 0 Å². The van der Waals surface area contributed by atoms with E-state index < -0.39 is 0 Å². The zero-order valence-corrected chi connectivity index (χ0v) is 7.20. The molecule has 0 radical (unpaired) electrons. The van der Waals surface area contributed by atoms with Gasteiger partial charge in [0.1, 0.15) is 6.54 Å². The SMILES string of the molecule is C#CCn1cc(C2(C#N)CC2)cn1. The van der Waals surface area contributed by atoms with Gasteiger partial charge in [-0.3, -0.25) is 4.68 Å². The van der Waals surface area contributed by atoms with Crippen LogP contribution in [-0.2, 0) is 12.0 Å². The van der Waals surface area contributed by atoms with Gasteiger partial charge in [-0.1, -0.05) is 5.92 Å². The molecule has 1 aromatic heterocycles. The van der Waals surface area contributed by atoms with Crippen molar-refractivity contribution in [3.8, 4) is 18.4 Å². The van der Waals surface area contributed by atoms with E-state index in [2.05, 4.69) is 17.1 Å². The normalized spacial score (nSPS) is 17.4. The fourth-order valence-corrected chi connectivity index (χ4v) is 1.38. The van der Waals surface area contributed by atoms with Crippen molar-refractivity contribution in [3.05, 3.63) is 18.0 Å². The van der Waals surface area contributed by atoms with Gasteiger partial charge in [-0.05, 0) is 12.8 Å². The minimum Gasteiger partial charge on any atom is -0.260 e. The van der Waals surface area contributed by atoms with Crippen molar-refractivity contribution in [2.24, 2.45) is 0 Å². The third-order valence-electron chi connectivity index (χ3n) is 2.40. The molecule has 0 amide bonds. The smallest absolute Gasteiger partial charge is 0.101 e. The Morgan fingerprint density at radius 3 is 3.00 bits per heavy atom. The van der Waals surface area contributed by atoms with Crippen LogP contribution in [0.1, 0.15) is 18.4 Å². The number of terminal acetylenes is 1. The fraction of sp³-hybridized carbons (Fsp3) is 0.400. The molecule has 0 aliphatic heterocycles. The Hall–Kier alpha value is -1.74. The number of nitrogens with zero attached hydrogens (tertiary/aromatic N) is 3. The summed E-state index contributed by atoms with van der Waals surface area (Å²) in [5, 5.41) is 13.0. The Labute approximate surface area is 77.0 Å². The summed E-state index contributed by atoms with van der Waals surface area (Å²) in [6.07, 6.45) is 10.7. The lowest BCUT2D eigenvalue weighted by Gasteiger charge is -1.98. The second-order valence-corrected chi connectivity index (χ2v) is 3.32. The van der Waals surface area contributed by atoms with Gasteiger partial charge < -0.3 is 0 Å². The van der Waals surface area contributed by atoms with Crippen LogP contribution in [0.4, 0.5) is 0 Å². The second kappa shape index (κ2) is 2.64. The predicted octanol–water partition coefficient (Wildman–Crippen LogP) is 1.07. The zero-order valence-electron chi connectivity index (χ0n) is 7.20. The third-order valence-corrected chi connectivity index (χ3v) is 2.40. The molecule has 0 aromatic carbocycles. The van der Waals surface area contributed by atoms with Crippen molar-refractivity contribution in [1.29, 1.82) is 5.26 Å². The molecule has 3 heteroatoms. The minimum atomic E-state index is -0.243. The summed E-state index contributed by atoms with van der Waals surface area (Å²) < 4.78 is 1.69. The van der Waals surface area contributed by atoms with Crippen LogP contribution in [0.15, 0.2) is 12.4 Å². The van der Waals surface area contributed by atoms with E-state index in [-0.39, 0.29) is 5.41 Å². The molecule has 0 bridgehead atoms. The molecule has 0 atom stereocenters. The van der Waals surface area contributed by atoms with Crippen LogP contribution in [0.5, 0.6) is 0 Å².